The number of aromatic nitrogens is 1. The number of ether oxygens (including phenoxy) is 2. The normalized spacial score (nSPS) is 10.4. The van der Waals surface area contributed by atoms with Gasteiger partial charge in [-0.3, -0.25) is 4.79 Å². The van der Waals surface area contributed by atoms with Gasteiger partial charge in [-0.15, -0.1) is 0 Å². The standard InChI is InChI=1S/C22H15NO4/c1-25-20-12-17-19(13-21(20)26-2)27-18-11-14(7-9-16(18)22(17)24)6-8-15-5-3-4-10-23-15/h3-5,7,9-13H,1-2H3. The highest BCUT2D eigenvalue weighted by Crippen LogP contribution is 2.32. The van der Waals surface area contributed by atoms with Crippen molar-refractivity contribution in [2.75, 3.05) is 14.2 Å². The van der Waals surface area contributed by atoms with Crippen LogP contribution < -0.4 is 14.9 Å². The molecule has 0 spiro atoms. The number of rotatable bonds is 2. The summed E-state index contributed by atoms with van der Waals surface area (Å²) < 4.78 is 16.5. The van der Waals surface area contributed by atoms with E-state index in [4.69, 9.17) is 13.9 Å². The van der Waals surface area contributed by atoms with Crippen LogP contribution in [0.4, 0.5) is 0 Å². The van der Waals surface area contributed by atoms with E-state index in [2.05, 4.69) is 16.8 Å². The lowest BCUT2D eigenvalue weighted by atomic mass is 10.1. The fourth-order valence-corrected chi connectivity index (χ4v) is 2.83. The lowest BCUT2D eigenvalue weighted by molar-refractivity contribution is 0.355. The van der Waals surface area contributed by atoms with Crippen molar-refractivity contribution in [3.8, 4) is 23.3 Å². The molecular formula is C22H15NO4. The molecule has 4 rings (SSSR count). The van der Waals surface area contributed by atoms with Crippen LogP contribution in [-0.4, -0.2) is 19.2 Å². The van der Waals surface area contributed by atoms with Crippen LogP contribution in [0, 0.1) is 11.8 Å². The second-order valence-electron chi connectivity index (χ2n) is 5.81. The molecule has 132 valence electrons. The van der Waals surface area contributed by atoms with E-state index >= 15 is 0 Å². The monoisotopic (exact) mass is 357 g/mol. The molecule has 0 bridgehead atoms. The zero-order chi connectivity index (χ0) is 18.8. The number of fused-ring (bicyclic) bond motifs is 2. The first-order chi connectivity index (χ1) is 13.2. The maximum absolute atomic E-state index is 12.8. The molecule has 0 unspecified atom stereocenters. The van der Waals surface area contributed by atoms with Gasteiger partial charge in [-0.1, -0.05) is 12.0 Å². The summed E-state index contributed by atoms with van der Waals surface area (Å²) in [7, 11) is 3.06. The predicted molar refractivity (Wildman–Crippen MR) is 103 cm³/mol. The molecule has 5 nitrogen and oxygen atoms in total. The molecular weight excluding hydrogens is 342 g/mol. The van der Waals surface area contributed by atoms with Crippen LogP contribution in [0.25, 0.3) is 21.9 Å². The van der Waals surface area contributed by atoms with Crippen molar-refractivity contribution in [1.29, 1.82) is 0 Å². The predicted octanol–water partition coefficient (Wildman–Crippen LogP) is 3.76. The first kappa shape index (κ1) is 16.7. The number of hydrogen-bond donors (Lipinski definition) is 0. The molecule has 2 heterocycles. The zero-order valence-corrected chi connectivity index (χ0v) is 14.8. The zero-order valence-electron chi connectivity index (χ0n) is 14.8. The van der Waals surface area contributed by atoms with Gasteiger partial charge < -0.3 is 13.9 Å². The summed E-state index contributed by atoms with van der Waals surface area (Å²) in [6.07, 6.45) is 1.69. The van der Waals surface area contributed by atoms with Crippen LogP contribution in [-0.2, 0) is 0 Å². The highest BCUT2D eigenvalue weighted by molar-refractivity contribution is 5.91. The Morgan fingerprint density at radius 3 is 2.41 bits per heavy atom. The molecule has 4 aromatic rings. The van der Waals surface area contributed by atoms with Crippen LogP contribution in [0.1, 0.15) is 11.3 Å². The Bertz CT molecular complexity index is 1260. The van der Waals surface area contributed by atoms with E-state index in [0.717, 1.165) is 5.56 Å². The number of nitrogens with zero attached hydrogens (tertiary/aromatic N) is 1. The number of methoxy groups -OCH3 is 2. The van der Waals surface area contributed by atoms with Gasteiger partial charge in [0.25, 0.3) is 0 Å². The average Bonchev–Trinajstić information content (AvgIpc) is 2.72. The Kier molecular flexibility index (Phi) is 4.23. The summed E-state index contributed by atoms with van der Waals surface area (Å²) in [6, 6.07) is 14.1. The van der Waals surface area contributed by atoms with Gasteiger partial charge in [0, 0.05) is 17.8 Å². The lowest BCUT2D eigenvalue weighted by Gasteiger charge is -2.09. The third-order valence-electron chi connectivity index (χ3n) is 4.18. The molecule has 0 amide bonds. The van der Waals surface area contributed by atoms with Crippen LogP contribution in [0.5, 0.6) is 11.5 Å². The third kappa shape index (κ3) is 3.09. The lowest BCUT2D eigenvalue weighted by Crippen LogP contribution is -2.03. The second kappa shape index (κ2) is 6.85. The van der Waals surface area contributed by atoms with Crippen LogP contribution >= 0.6 is 0 Å². The van der Waals surface area contributed by atoms with Crippen molar-refractivity contribution < 1.29 is 13.9 Å². The minimum atomic E-state index is -0.128. The number of hydrogen-bond acceptors (Lipinski definition) is 5. The summed E-state index contributed by atoms with van der Waals surface area (Å²) in [4.78, 5) is 17.0. The molecule has 0 atom stereocenters. The first-order valence-electron chi connectivity index (χ1n) is 8.25. The molecule has 5 heteroatoms. The van der Waals surface area contributed by atoms with Crippen LogP contribution in [0.2, 0.25) is 0 Å². The highest BCUT2D eigenvalue weighted by Gasteiger charge is 2.13. The highest BCUT2D eigenvalue weighted by atomic mass is 16.5. The first-order valence-corrected chi connectivity index (χ1v) is 8.25. The minimum Gasteiger partial charge on any atom is -0.493 e. The molecule has 0 saturated carbocycles. The molecule has 0 N–H and O–H groups in total. The van der Waals surface area contributed by atoms with E-state index < -0.39 is 0 Å². The molecule has 0 aliphatic carbocycles. The van der Waals surface area contributed by atoms with Crippen LogP contribution in [0.3, 0.4) is 0 Å². The van der Waals surface area contributed by atoms with Gasteiger partial charge in [-0.25, -0.2) is 4.98 Å². The largest absolute Gasteiger partial charge is 0.493 e. The van der Waals surface area contributed by atoms with E-state index in [1.165, 1.54) is 14.2 Å². The smallest absolute Gasteiger partial charge is 0.200 e. The minimum absolute atomic E-state index is 0.128. The van der Waals surface area contributed by atoms with E-state index in [-0.39, 0.29) is 5.43 Å². The maximum atomic E-state index is 12.8. The van der Waals surface area contributed by atoms with Crippen molar-refractivity contribution in [1.82, 2.24) is 4.98 Å². The van der Waals surface area contributed by atoms with Gasteiger partial charge in [0.1, 0.15) is 16.9 Å². The SMILES string of the molecule is COc1cc2oc3cc(C#Cc4ccccn4)ccc3c(=O)c2cc1OC. The summed E-state index contributed by atoms with van der Waals surface area (Å²) >= 11 is 0. The van der Waals surface area contributed by atoms with Crippen molar-refractivity contribution in [2.45, 2.75) is 0 Å². The van der Waals surface area contributed by atoms with Crippen molar-refractivity contribution in [3.63, 3.8) is 0 Å². The van der Waals surface area contributed by atoms with Gasteiger partial charge in [0.2, 0.25) is 5.43 Å². The summed E-state index contributed by atoms with van der Waals surface area (Å²) in [5, 5.41) is 0.922. The van der Waals surface area contributed by atoms with Crippen LogP contribution in [0.15, 0.2) is 63.9 Å². The Hall–Kier alpha value is -3.78. The van der Waals surface area contributed by atoms with Crippen molar-refractivity contribution in [3.05, 3.63) is 76.2 Å². The molecule has 2 aromatic carbocycles. The second-order valence-corrected chi connectivity index (χ2v) is 5.81. The summed E-state index contributed by atoms with van der Waals surface area (Å²) in [6.45, 7) is 0. The Morgan fingerprint density at radius 1 is 0.889 bits per heavy atom. The fourth-order valence-electron chi connectivity index (χ4n) is 2.83. The van der Waals surface area contributed by atoms with Gasteiger partial charge in [-0.05, 0) is 42.3 Å². The molecule has 27 heavy (non-hydrogen) atoms. The van der Waals surface area contributed by atoms with E-state index in [0.29, 0.717) is 39.1 Å². The molecule has 0 saturated heterocycles. The summed E-state index contributed by atoms with van der Waals surface area (Å²) in [5.74, 6) is 7.02. The fraction of sp³-hybridized carbons (Fsp3) is 0.0909. The van der Waals surface area contributed by atoms with Crippen molar-refractivity contribution >= 4 is 21.9 Å². The van der Waals surface area contributed by atoms with E-state index in [1.807, 2.05) is 18.2 Å². The van der Waals surface area contributed by atoms with Crippen molar-refractivity contribution in [2.24, 2.45) is 0 Å². The molecule has 0 aliphatic heterocycles. The topological polar surface area (TPSA) is 61.6 Å². The van der Waals surface area contributed by atoms with Gasteiger partial charge in [0.15, 0.2) is 11.5 Å². The quantitative estimate of drug-likeness (QED) is 0.404. The average molecular weight is 357 g/mol. The number of benzene rings is 2. The summed E-state index contributed by atoms with van der Waals surface area (Å²) in [5.41, 5.74) is 2.18. The Labute approximate surface area is 155 Å². The molecule has 0 fully saturated rings. The number of pyridine rings is 1. The Morgan fingerprint density at radius 2 is 1.67 bits per heavy atom. The molecule has 2 aromatic heterocycles. The van der Waals surface area contributed by atoms with Gasteiger partial charge >= 0.3 is 0 Å². The maximum Gasteiger partial charge on any atom is 0.200 e. The van der Waals surface area contributed by atoms with E-state index in [1.54, 1.807) is 36.5 Å². The molecule has 0 radical (unpaired) electrons. The Balaban J connectivity index is 1.88. The van der Waals surface area contributed by atoms with Gasteiger partial charge in [0.05, 0.1) is 25.0 Å². The van der Waals surface area contributed by atoms with E-state index in [9.17, 15) is 4.79 Å². The third-order valence-corrected chi connectivity index (χ3v) is 4.18. The van der Waals surface area contributed by atoms with Gasteiger partial charge in [-0.2, -0.15) is 0 Å². The molecule has 0 aliphatic rings.